The van der Waals surface area contributed by atoms with Crippen molar-refractivity contribution in [3.05, 3.63) is 89.2 Å². The van der Waals surface area contributed by atoms with Gasteiger partial charge >= 0.3 is 0 Å². The summed E-state index contributed by atoms with van der Waals surface area (Å²) in [7, 11) is 0. The lowest BCUT2D eigenvalue weighted by atomic mass is 10.1. The van der Waals surface area contributed by atoms with Gasteiger partial charge in [-0.25, -0.2) is 4.98 Å². The lowest BCUT2D eigenvalue weighted by Gasteiger charge is -2.17. The number of hydrogen-bond donors (Lipinski definition) is 1. The molecule has 31 heavy (non-hydrogen) atoms. The van der Waals surface area contributed by atoms with Gasteiger partial charge in [0.15, 0.2) is 0 Å². The maximum atomic E-state index is 10.7. The number of fused-ring (bicyclic) bond motifs is 1. The molecule has 0 saturated carbocycles. The van der Waals surface area contributed by atoms with E-state index in [1.54, 1.807) is 0 Å². The largest absolute Gasteiger partial charge is 0.491 e. The second kappa shape index (κ2) is 9.23. The fourth-order valence-electron chi connectivity index (χ4n) is 3.70. The standard InChI is InChI=1S/C26H28N2O3/c1-18-7-6-8-22(14-18)30-17-26-27-23-9-4-5-10-24(23)28(26)15-21(29)16-31-25-12-11-19(2)13-20(25)3/h4-14,21,29H,15-17H2,1-3H3/t21-/m1/s1. The third-order valence-corrected chi connectivity index (χ3v) is 5.25. The van der Waals surface area contributed by atoms with Gasteiger partial charge in [0.2, 0.25) is 0 Å². The van der Waals surface area contributed by atoms with Crippen LogP contribution in [0.15, 0.2) is 66.7 Å². The van der Waals surface area contributed by atoms with Crippen LogP contribution < -0.4 is 9.47 Å². The van der Waals surface area contributed by atoms with E-state index in [1.165, 1.54) is 5.56 Å². The highest BCUT2D eigenvalue weighted by molar-refractivity contribution is 5.75. The molecule has 1 heterocycles. The van der Waals surface area contributed by atoms with Crippen LogP contribution in [0, 0.1) is 20.8 Å². The van der Waals surface area contributed by atoms with Gasteiger partial charge in [-0.3, -0.25) is 0 Å². The molecular formula is C26H28N2O3. The van der Waals surface area contributed by atoms with Gasteiger partial charge in [0, 0.05) is 0 Å². The second-order valence-corrected chi connectivity index (χ2v) is 7.97. The number of ether oxygens (including phenoxy) is 2. The Morgan fingerprint density at radius 3 is 2.52 bits per heavy atom. The van der Waals surface area contributed by atoms with E-state index in [0.717, 1.165) is 39.5 Å². The Bertz CT molecular complexity index is 1180. The van der Waals surface area contributed by atoms with Gasteiger partial charge in [0.05, 0.1) is 17.6 Å². The molecule has 0 fully saturated rings. The van der Waals surface area contributed by atoms with Crippen LogP contribution in [0.1, 0.15) is 22.5 Å². The highest BCUT2D eigenvalue weighted by Gasteiger charge is 2.16. The number of aromatic nitrogens is 2. The average molecular weight is 417 g/mol. The van der Waals surface area contributed by atoms with Crippen molar-refractivity contribution in [2.45, 2.75) is 40.0 Å². The average Bonchev–Trinajstić information content (AvgIpc) is 3.09. The van der Waals surface area contributed by atoms with E-state index in [0.29, 0.717) is 13.2 Å². The molecule has 0 bridgehead atoms. The van der Waals surface area contributed by atoms with Gasteiger partial charge in [-0.05, 0) is 62.2 Å². The van der Waals surface area contributed by atoms with Crippen molar-refractivity contribution in [2.24, 2.45) is 0 Å². The molecule has 3 aromatic carbocycles. The molecule has 0 saturated heterocycles. The maximum absolute atomic E-state index is 10.7. The molecule has 5 nitrogen and oxygen atoms in total. The molecule has 0 aliphatic heterocycles. The monoisotopic (exact) mass is 416 g/mol. The molecule has 0 unspecified atom stereocenters. The van der Waals surface area contributed by atoms with Crippen molar-refractivity contribution in [2.75, 3.05) is 6.61 Å². The summed E-state index contributed by atoms with van der Waals surface area (Å²) in [6.07, 6.45) is -0.684. The summed E-state index contributed by atoms with van der Waals surface area (Å²) in [6, 6.07) is 21.9. The Balaban J connectivity index is 1.49. The number of imidazole rings is 1. The van der Waals surface area contributed by atoms with Crippen molar-refractivity contribution in [1.82, 2.24) is 9.55 Å². The third kappa shape index (κ3) is 5.06. The maximum Gasteiger partial charge on any atom is 0.148 e. The molecule has 5 heteroatoms. The highest BCUT2D eigenvalue weighted by atomic mass is 16.5. The van der Waals surface area contributed by atoms with Crippen LogP contribution in [0.4, 0.5) is 0 Å². The van der Waals surface area contributed by atoms with Crippen LogP contribution in [0.25, 0.3) is 11.0 Å². The number of hydrogen-bond acceptors (Lipinski definition) is 4. The summed E-state index contributed by atoms with van der Waals surface area (Å²) in [6.45, 7) is 7.00. The number of benzene rings is 3. The number of aryl methyl sites for hydroxylation is 3. The van der Waals surface area contributed by atoms with Crippen LogP contribution in [0.2, 0.25) is 0 Å². The number of aliphatic hydroxyl groups excluding tert-OH is 1. The topological polar surface area (TPSA) is 56.5 Å². The van der Waals surface area contributed by atoms with E-state index in [2.05, 4.69) is 13.0 Å². The van der Waals surface area contributed by atoms with E-state index in [1.807, 2.05) is 79.1 Å². The summed E-state index contributed by atoms with van der Waals surface area (Å²) < 4.78 is 13.9. The molecule has 4 rings (SSSR count). The Morgan fingerprint density at radius 2 is 1.71 bits per heavy atom. The van der Waals surface area contributed by atoms with Gasteiger partial charge in [0.25, 0.3) is 0 Å². The van der Waals surface area contributed by atoms with Gasteiger partial charge in [-0.2, -0.15) is 0 Å². The zero-order valence-electron chi connectivity index (χ0n) is 18.2. The Kier molecular flexibility index (Phi) is 6.23. The van der Waals surface area contributed by atoms with E-state index in [4.69, 9.17) is 14.5 Å². The molecular weight excluding hydrogens is 388 g/mol. The van der Waals surface area contributed by atoms with Crippen LogP contribution in [0.3, 0.4) is 0 Å². The minimum Gasteiger partial charge on any atom is -0.491 e. The van der Waals surface area contributed by atoms with E-state index >= 15 is 0 Å². The molecule has 0 aliphatic rings. The second-order valence-electron chi connectivity index (χ2n) is 7.97. The Labute approximate surface area is 182 Å². The van der Waals surface area contributed by atoms with Crippen molar-refractivity contribution >= 4 is 11.0 Å². The first-order valence-electron chi connectivity index (χ1n) is 10.5. The molecule has 0 amide bonds. The summed E-state index contributed by atoms with van der Waals surface area (Å²) in [5.41, 5.74) is 5.25. The minimum atomic E-state index is -0.684. The molecule has 160 valence electrons. The zero-order valence-corrected chi connectivity index (χ0v) is 18.2. The van der Waals surface area contributed by atoms with Gasteiger partial charge in [0.1, 0.15) is 36.6 Å². The first kappa shape index (κ1) is 20.9. The fraction of sp³-hybridized carbons (Fsp3) is 0.269. The number of nitrogens with zero attached hydrogens (tertiary/aromatic N) is 2. The first-order valence-corrected chi connectivity index (χ1v) is 10.5. The molecule has 1 N–H and O–H groups in total. The smallest absolute Gasteiger partial charge is 0.148 e. The summed E-state index contributed by atoms with van der Waals surface area (Å²) >= 11 is 0. The number of para-hydroxylation sites is 2. The van der Waals surface area contributed by atoms with Crippen LogP contribution in [-0.2, 0) is 13.2 Å². The molecule has 4 aromatic rings. The van der Waals surface area contributed by atoms with Crippen LogP contribution >= 0.6 is 0 Å². The first-order chi connectivity index (χ1) is 15.0. The lowest BCUT2D eigenvalue weighted by molar-refractivity contribution is 0.0914. The Morgan fingerprint density at radius 1 is 0.903 bits per heavy atom. The molecule has 0 radical (unpaired) electrons. The van der Waals surface area contributed by atoms with Crippen molar-refractivity contribution in [3.63, 3.8) is 0 Å². The predicted molar refractivity (Wildman–Crippen MR) is 123 cm³/mol. The van der Waals surface area contributed by atoms with Crippen molar-refractivity contribution in [3.8, 4) is 11.5 Å². The Hall–Kier alpha value is -3.31. The zero-order chi connectivity index (χ0) is 21.8. The predicted octanol–water partition coefficient (Wildman–Crippen LogP) is 4.98. The van der Waals surface area contributed by atoms with E-state index < -0.39 is 6.10 Å². The van der Waals surface area contributed by atoms with Gasteiger partial charge in [-0.1, -0.05) is 42.0 Å². The number of aliphatic hydroxyl groups is 1. The summed E-state index contributed by atoms with van der Waals surface area (Å²) in [5, 5.41) is 10.7. The fourth-order valence-corrected chi connectivity index (χ4v) is 3.70. The van der Waals surface area contributed by atoms with Gasteiger partial charge in [-0.15, -0.1) is 0 Å². The highest BCUT2D eigenvalue weighted by Crippen LogP contribution is 2.21. The molecule has 1 atom stereocenters. The molecule has 0 spiro atoms. The number of rotatable bonds is 8. The quantitative estimate of drug-likeness (QED) is 0.440. The summed E-state index contributed by atoms with van der Waals surface area (Å²) in [4.78, 5) is 4.73. The van der Waals surface area contributed by atoms with Crippen LogP contribution in [0.5, 0.6) is 11.5 Å². The molecule has 1 aromatic heterocycles. The van der Waals surface area contributed by atoms with Crippen molar-refractivity contribution < 1.29 is 14.6 Å². The molecule has 0 aliphatic carbocycles. The lowest BCUT2D eigenvalue weighted by Crippen LogP contribution is -2.25. The minimum absolute atomic E-state index is 0.203. The SMILES string of the molecule is Cc1cccc(OCc2nc3ccccc3n2C[C@@H](O)COc2ccc(C)cc2C)c1. The van der Waals surface area contributed by atoms with Crippen molar-refractivity contribution in [1.29, 1.82) is 0 Å². The normalized spacial score (nSPS) is 12.1. The third-order valence-electron chi connectivity index (χ3n) is 5.25. The van der Waals surface area contributed by atoms with E-state index in [-0.39, 0.29) is 6.61 Å². The van der Waals surface area contributed by atoms with Crippen LogP contribution in [-0.4, -0.2) is 27.4 Å². The summed E-state index contributed by atoms with van der Waals surface area (Å²) in [5.74, 6) is 2.37. The van der Waals surface area contributed by atoms with Gasteiger partial charge < -0.3 is 19.1 Å². The van der Waals surface area contributed by atoms with E-state index in [9.17, 15) is 5.11 Å².